The predicted octanol–water partition coefficient (Wildman–Crippen LogP) is -0.230. The van der Waals surface area contributed by atoms with E-state index in [4.69, 9.17) is 10.2 Å². The molecule has 1 aliphatic heterocycles. The van der Waals surface area contributed by atoms with Gasteiger partial charge in [-0.25, -0.2) is 0 Å². The number of nitrogens with one attached hydrogen (secondary N) is 1. The van der Waals surface area contributed by atoms with Gasteiger partial charge in [0, 0.05) is 0 Å². The van der Waals surface area contributed by atoms with Crippen LogP contribution in [0.5, 0.6) is 0 Å². The fourth-order valence-electron chi connectivity index (χ4n) is 1.74. The van der Waals surface area contributed by atoms with E-state index in [1.54, 1.807) is 0 Å². The van der Waals surface area contributed by atoms with Crippen molar-refractivity contribution in [3.63, 3.8) is 0 Å². The summed E-state index contributed by atoms with van der Waals surface area (Å²) in [7, 11) is 0. The SMILES string of the molecule is CC1CN[C@H](C(=O)O)[C@H]1CC(=O)O. The first kappa shape index (κ1) is 9.98. The van der Waals surface area contributed by atoms with Gasteiger partial charge in [-0.15, -0.1) is 0 Å². The second kappa shape index (κ2) is 3.74. The molecule has 5 nitrogen and oxygen atoms in total. The maximum atomic E-state index is 10.7. The van der Waals surface area contributed by atoms with Crippen LogP contribution in [0.1, 0.15) is 13.3 Å². The molecule has 0 aromatic rings. The van der Waals surface area contributed by atoms with Crippen LogP contribution in [0.15, 0.2) is 0 Å². The van der Waals surface area contributed by atoms with Crippen LogP contribution in [0.4, 0.5) is 0 Å². The highest BCUT2D eigenvalue weighted by Gasteiger charge is 2.38. The third-order valence-electron chi connectivity index (χ3n) is 2.50. The molecule has 0 saturated carbocycles. The van der Waals surface area contributed by atoms with Gasteiger partial charge in [0.15, 0.2) is 0 Å². The van der Waals surface area contributed by atoms with Crippen molar-refractivity contribution in [3.8, 4) is 0 Å². The first-order chi connectivity index (χ1) is 6.02. The molecule has 0 radical (unpaired) electrons. The highest BCUT2D eigenvalue weighted by Crippen LogP contribution is 2.25. The molecular formula is C8H13NO4. The van der Waals surface area contributed by atoms with E-state index in [1.165, 1.54) is 0 Å². The Labute approximate surface area is 75.7 Å². The zero-order valence-corrected chi connectivity index (χ0v) is 7.36. The number of carboxylic acids is 2. The van der Waals surface area contributed by atoms with Crippen molar-refractivity contribution in [2.75, 3.05) is 6.54 Å². The summed E-state index contributed by atoms with van der Waals surface area (Å²) in [6.07, 6.45) is -0.0782. The van der Waals surface area contributed by atoms with Gasteiger partial charge in [0.05, 0.1) is 6.42 Å². The van der Waals surface area contributed by atoms with Crippen molar-refractivity contribution in [3.05, 3.63) is 0 Å². The van der Waals surface area contributed by atoms with E-state index in [0.29, 0.717) is 6.54 Å². The molecule has 0 aromatic carbocycles. The number of carboxylic acid groups (broad SMARTS) is 2. The second-order valence-corrected chi connectivity index (χ2v) is 3.46. The third kappa shape index (κ3) is 2.18. The minimum Gasteiger partial charge on any atom is -0.481 e. The number of rotatable bonds is 3. The molecule has 0 aliphatic carbocycles. The van der Waals surface area contributed by atoms with Crippen LogP contribution >= 0.6 is 0 Å². The molecule has 3 N–H and O–H groups in total. The van der Waals surface area contributed by atoms with Crippen LogP contribution < -0.4 is 5.32 Å². The van der Waals surface area contributed by atoms with E-state index in [9.17, 15) is 9.59 Å². The number of hydrogen-bond donors (Lipinski definition) is 3. The Morgan fingerprint density at radius 2 is 2.08 bits per heavy atom. The summed E-state index contributed by atoms with van der Waals surface area (Å²) in [6.45, 7) is 2.44. The lowest BCUT2D eigenvalue weighted by Crippen LogP contribution is -2.36. The summed E-state index contributed by atoms with van der Waals surface area (Å²) in [5, 5.41) is 20.1. The number of hydrogen-bond acceptors (Lipinski definition) is 3. The molecule has 1 rings (SSSR count). The first-order valence-corrected chi connectivity index (χ1v) is 4.20. The molecule has 0 amide bonds. The minimum absolute atomic E-state index is 0.0782. The van der Waals surface area contributed by atoms with Crippen molar-refractivity contribution in [2.24, 2.45) is 11.8 Å². The molecule has 1 fully saturated rings. The lowest BCUT2D eigenvalue weighted by Gasteiger charge is -2.16. The van der Waals surface area contributed by atoms with Crippen LogP contribution in [0.25, 0.3) is 0 Å². The maximum absolute atomic E-state index is 10.7. The Bertz CT molecular complexity index is 228. The van der Waals surface area contributed by atoms with Crippen LogP contribution in [0.2, 0.25) is 0 Å². The van der Waals surface area contributed by atoms with Gasteiger partial charge in [-0.3, -0.25) is 9.59 Å². The molecule has 13 heavy (non-hydrogen) atoms. The highest BCUT2D eigenvalue weighted by atomic mass is 16.4. The highest BCUT2D eigenvalue weighted by molar-refractivity contribution is 5.76. The molecule has 1 heterocycles. The van der Waals surface area contributed by atoms with Gasteiger partial charge >= 0.3 is 11.9 Å². The van der Waals surface area contributed by atoms with Crippen molar-refractivity contribution in [1.82, 2.24) is 5.32 Å². The summed E-state index contributed by atoms with van der Waals surface area (Å²) in [6, 6.07) is -0.703. The molecular weight excluding hydrogens is 174 g/mol. The minimum atomic E-state index is -0.962. The van der Waals surface area contributed by atoms with E-state index in [0.717, 1.165) is 0 Å². The Kier molecular flexibility index (Phi) is 2.87. The Morgan fingerprint density at radius 3 is 2.54 bits per heavy atom. The molecule has 74 valence electrons. The lowest BCUT2D eigenvalue weighted by atomic mass is 9.89. The van der Waals surface area contributed by atoms with Gasteiger partial charge in [-0.05, 0) is 18.4 Å². The van der Waals surface area contributed by atoms with E-state index in [1.807, 2.05) is 6.92 Å². The summed E-state index contributed by atoms with van der Waals surface area (Å²) < 4.78 is 0. The Hall–Kier alpha value is -1.10. The Morgan fingerprint density at radius 1 is 1.46 bits per heavy atom. The summed E-state index contributed by atoms with van der Waals surface area (Å²) in [4.78, 5) is 21.1. The molecule has 5 heteroatoms. The third-order valence-corrected chi connectivity index (χ3v) is 2.50. The van der Waals surface area contributed by atoms with Crippen molar-refractivity contribution in [1.29, 1.82) is 0 Å². The fraction of sp³-hybridized carbons (Fsp3) is 0.750. The molecule has 1 unspecified atom stereocenters. The quantitative estimate of drug-likeness (QED) is 0.568. The van der Waals surface area contributed by atoms with Gasteiger partial charge < -0.3 is 15.5 Å². The van der Waals surface area contributed by atoms with E-state index in [2.05, 4.69) is 5.32 Å². The lowest BCUT2D eigenvalue weighted by molar-refractivity contribution is -0.142. The average molecular weight is 187 g/mol. The maximum Gasteiger partial charge on any atom is 0.321 e. The molecule has 1 aliphatic rings. The van der Waals surface area contributed by atoms with Gasteiger partial charge in [0.2, 0.25) is 0 Å². The smallest absolute Gasteiger partial charge is 0.321 e. The van der Waals surface area contributed by atoms with Crippen LogP contribution in [-0.4, -0.2) is 34.7 Å². The van der Waals surface area contributed by atoms with Crippen molar-refractivity contribution >= 4 is 11.9 Å². The molecule has 0 aromatic heterocycles. The van der Waals surface area contributed by atoms with E-state index < -0.39 is 18.0 Å². The van der Waals surface area contributed by atoms with Crippen LogP contribution in [0.3, 0.4) is 0 Å². The number of aliphatic carboxylic acids is 2. The first-order valence-electron chi connectivity index (χ1n) is 4.20. The van der Waals surface area contributed by atoms with Gasteiger partial charge in [-0.1, -0.05) is 6.92 Å². The Balaban J connectivity index is 2.65. The van der Waals surface area contributed by atoms with Gasteiger partial charge in [0.1, 0.15) is 6.04 Å². The zero-order valence-electron chi connectivity index (χ0n) is 7.36. The van der Waals surface area contributed by atoms with Gasteiger partial charge in [0.25, 0.3) is 0 Å². The summed E-state index contributed by atoms with van der Waals surface area (Å²) in [5.74, 6) is -2.09. The van der Waals surface area contributed by atoms with Crippen LogP contribution in [-0.2, 0) is 9.59 Å². The number of carbonyl (C=O) groups is 2. The van der Waals surface area contributed by atoms with Crippen molar-refractivity contribution in [2.45, 2.75) is 19.4 Å². The summed E-state index contributed by atoms with van der Waals surface area (Å²) in [5.41, 5.74) is 0. The predicted molar refractivity (Wildman–Crippen MR) is 44.3 cm³/mol. The van der Waals surface area contributed by atoms with Crippen LogP contribution in [0, 0.1) is 11.8 Å². The van der Waals surface area contributed by atoms with Gasteiger partial charge in [-0.2, -0.15) is 0 Å². The molecule has 0 bridgehead atoms. The zero-order chi connectivity index (χ0) is 10.0. The van der Waals surface area contributed by atoms with E-state index >= 15 is 0 Å². The molecule has 1 saturated heterocycles. The summed E-state index contributed by atoms with van der Waals surface area (Å²) >= 11 is 0. The average Bonchev–Trinajstić information content (AvgIpc) is 2.32. The largest absolute Gasteiger partial charge is 0.481 e. The topological polar surface area (TPSA) is 86.6 Å². The van der Waals surface area contributed by atoms with E-state index in [-0.39, 0.29) is 18.3 Å². The monoisotopic (exact) mass is 187 g/mol. The fourth-order valence-corrected chi connectivity index (χ4v) is 1.74. The standard InChI is InChI=1S/C8H13NO4/c1-4-3-9-7(8(12)13)5(4)2-6(10)11/h4-5,7,9H,2-3H2,1H3,(H,10,11)(H,12,13)/t4?,5-,7-/m0/s1. The molecule has 3 atom stereocenters. The second-order valence-electron chi connectivity index (χ2n) is 3.46. The van der Waals surface area contributed by atoms with Crippen molar-refractivity contribution < 1.29 is 19.8 Å². The normalized spacial score (nSPS) is 33.2. The molecule has 0 spiro atoms.